The first kappa shape index (κ1) is 24.1. The van der Waals surface area contributed by atoms with Crippen LogP contribution in [0.1, 0.15) is 27.8 Å². The maximum absolute atomic E-state index is 13.2. The van der Waals surface area contributed by atoms with Crippen molar-refractivity contribution in [2.75, 3.05) is 25.6 Å². The number of halogens is 1. The fourth-order valence-electron chi connectivity index (χ4n) is 2.81. The van der Waals surface area contributed by atoms with Crippen LogP contribution in [0.4, 0.5) is 10.1 Å². The molecule has 0 saturated carbocycles. The Kier molecular flexibility index (Phi) is 7.70. The maximum atomic E-state index is 13.2. The van der Waals surface area contributed by atoms with Gasteiger partial charge in [0.15, 0.2) is 12.4 Å². The predicted octanol–water partition coefficient (Wildman–Crippen LogP) is 2.35. The predicted molar refractivity (Wildman–Crippen MR) is 118 cm³/mol. The van der Waals surface area contributed by atoms with Crippen LogP contribution in [0.3, 0.4) is 0 Å². The number of carbonyl (C=O) groups is 3. The lowest BCUT2D eigenvalue weighted by Gasteiger charge is -2.13. The molecule has 3 rings (SSSR count). The van der Waals surface area contributed by atoms with E-state index in [2.05, 4.69) is 15.2 Å². The summed E-state index contributed by atoms with van der Waals surface area (Å²) in [6, 6.07) is 11.8. The molecular formula is C23H20FN3O7. The Morgan fingerprint density at radius 2 is 1.71 bits per heavy atom. The van der Waals surface area contributed by atoms with Crippen molar-refractivity contribution in [3.63, 3.8) is 0 Å². The molecule has 11 heteroatoms. The summed E-state index contributed by atoms with van der Waals surface area (Å²) < 4.78 is 29.1. The molecule has 1 amide bonds. The summed E-state index contributed by atoms with van der Waals surface area (Å²) in [6.45, 7) is 1.08. The van der Waals surface area contributed by atoms with Gasteiger partial charge in [-0.25, -0.2) is 14.0 Å². The molecule has 176 valence electrons. The highest BCUT2D eigenvalue weighted by molar-refractivity contribution is 5.94. The molecule has 0 spiro atoms. The Balaban J connectivity index is 1.78. The number of amides is 1. The number of rotatable bonds is 8. The minimum absolute atomic E-state index is 0.0394. The highest BCUT2D eigenvalue weighted by atomic mass is 19.1. The van der Waals surface area contributed by atoms with Crippen LogP contribution in [-0.4, -0.2) is 47.9 Å². The minimum atomic E-state index is -0.868. The Bertz CT molecular complexity index is 1260. The quantitative estimate of drug-likeness (QED) is 0.499. The third kappa shape index (κ3) is 5.82. The van der Waals surface area contributed by atoms with E-state index in [-0.39, 0.29) is 23.7 Å². The monoisotopic (exact) mass is 469 g/mol. The number of carbonyl (C=O) groups excluding carboxylic acids is 3. The number of esters is 2. The first-order valence-electron chi connectivity index (χ1n) is 10.0. The van der Waals surface area contributed by atoms with Crippen molar-refractivity contribution in [3.05, 3.63) is 82.0 Å². The van der Waals surface area contributed by atoms with Crippen molar-refractivity contribution in [1.29, 1.82) is 0 Å². The summed E-state index contributed by atoms with van der Waals surface area (Å²) in [7, 11) is 1.26. The van der Waals surface area contributed by atoms with Gasteiger partial charge in [0.1, 0.15) is 5.82 Å². The van der Waals surface area contributed by atoms with Gasteiger partial charge in [-0.05, 0) is 55.5 Å². The number of ether oxygens (including phenoxy) is 3. The van der Waals surface area contributed by atoms with Crippen LogP contribution in [0, 0.1) is 5.82 Å². The van der Waals surface area contributed by atoms with Gasteiger partial charge in [-0.3, -0.25) is 9.59 Å². The second kappa shape index (κ2) is 10.9. The molecule has 0 aliphatic carbocycles. The molecule has 0 fully saturated rings. The van der Waals surface area contributed by atoms with Crippen LogP contribution in [0.5, 0.6) is 5.75 Å². The van der Waals surface area contributed by atoms with Gasteiger partial charge in [-0.1, -0.05) is 0 Å². The number of nitrogens with one attached hydrogen (secondary N) is 1. The van der Waals surface area contributed by atoms with E-state index in [1.54, 1.807) is 6.92 Å². The number of methoxy groups -OCH3 is 1. The molecule has 0 radical (unpaired) electrons. The van der Waals surface area contributed by atoms with Gasteiger partial charge in [0, 0.05) is 5.69 Å². The van der Waals surface area contributed by atoms with E-state index in [1.165, 1.54) is 43.5 Å². The van der Waals surface area contributed by atoms with Crippen LogP contribution in [0.25, 0.3) is 5.69 Å². The Labute approximate surface area is 192 Å². The van der Waals surface area contributed by atoms with Crippen LogP contribution in [0.15, 0.2) is 59.4 Å². The smallest absolute Gasteiger partial charge is 0.362 e. The van der Waals surface area contributed by atoms with Crippen molar-refractivity contribution >= 4 is 23.5 Å². The van der Waals surface area contributed by atoms with Gasteiger partial charge in [-0.15, -0.1) is 0 Å². The molecule has 0 saturated heterocycles. The zero-order chi connectivity index (χ0) is 24.7. The lowest BCUT2D eigenvalue weighted by Crippen LogP contribution is -2.27. The number of anilines is 1. The van der Waals surface area contributed by atoms with Gasteiger partial charge in [0.25, 0.3) is 11.5 Å². The molecule has 3 aromatic rings. The number of benzene rings is 2. The van der Waals surface area contributed by atoms with Crippen LogP contribution in [0.2, 0.25) is 0 Å². The summed E-state index contributed by atoms with van der Waals surface area (Å²) in [5.74, 6) is -2.74. The van der Waals surface area contributed by atoms with Crippen LogP contribution >= 0.6 is 0 Å². The number of aromatic nitrogens is 2. The Morgan fingerprint density at radius 1 is 1.03 bits per heavy atom. The van der Waals surface area contributed by atoms with Gasteiger partial charge in [-0.2, -0.15) is 9.78 Å². The molecule has 2 aromatic carbocycles. The molecule has 0 bridgehead atoms. The van der Waals surface area contributed by atoms with Crippen LogP contribution in [-0.2, 0) is 14.3 Å². The summed E-state index contributed by atoms with van der Waals surface area (Å²) in [4.78, 5) is 48.7. The van der Waals surface area contributed by atoms with Gasteiger partial charge < -0.3 is 19.5 Å². The summed E-state index contributed by atoms with van der Waals surface area (Å²) >= 11 is 0. The molecular weight excluding hydrogens is 449 g/mol. The summed E-state index contributed by atoms with van der Waals surface area (Å²) in [6.07, 6.45) is 0. The average Bonchev–Trinajstić information content (AvgIpc) is 2.83. The number of hydrogen-bond donors (Lipinski definition) is 1. The molecule has 1 heterocycles. The second-order valence-corrected chi connectivity index (χ2v) is 6.71. The molecule has 0 aliphatic rings. The van der Waals surface area contributed by atoms with E-state index >= 15 is 0 Å². The zero-order valence-electron chi connectivity index (χ0n) is 18.2. The van der Waals surface area contributed by atoms with Crippen molar-refractivity contribution in [2.45, 2.75) is 6.92 Å². The minimum Gasteiger partial charge on any atom is -0.481 e. The second-order valence-electron chi connectivity index (χ2n) is 6.71. The fourth-order valence-corrected chi connectivity index (χ4v) is 2.81. The lowest BCUT2D eigenvalue weighted by molar-refractivity contribution is -0.118. The number of nitrogens with zero attached hydrogens (tertiary/aromatic N) is 2. The molecule has 0 unspecified atom stereocenters. The van der Waals surface area contributed by atoms with E-state index in [4.69, 9.17) is 9.47 Å². The highest BCUT2D eigenvalue weighted by Crippen LogP contribution is 2.17. The van der Waals surface area contributed by atoms with Crippen molar-refractivity contribution in [2.24, 2.45) is 0 Å². The van der Waals surface area contributed by atoms with Crippen LogP contribution < -0.4 is 15.6 Å². The van der Waals surface area contributed by atoms with Gasteiger partial charge >= 0.3 is 11.9 Å². The Hall–Kier alpha value is -4.54. The van der Waals surface area contributed by atoms with Gasteiger partial charge in [0.05, 0.1) is 31.0 Å². The van der Waals surface area contributed by atoms with E-state index < -0.39 is 35.8 Å². The van der Waals surface area contributed by atoms with Crippen molar-refractivity contribution in [1.82, 2.24) is 9.78 Å². The largest absolute Gasteiger partial charge is 0.481 e. The fraction of sp³-hybridized carbons (Fsp3) is 0.174. The molecule has 10 nitrogen and oxygen atoms in total. The topological polar surface area (TPSA) is 126 Å². The first-order valence-corrected chi connectivity index (χ1v) is 10.0. The normalized spacial score (nSPS) is 10.3. The molecule has 0 aliphatic heterocycles. The highest BCUT2D eigenvalue weighted by Gasteiger charge is 2.21. The van der Waals surface area contributed by atoms with Gasteiger partial charge in [0.2, 0.25) is 5.69 Å². The molecule has 0 atom stereocenters. The third-order valence-electron chi connectivity index (χ3n) is 4.39. The molecule has 1 N–H and O–H groups in total. The van der Waals surface area contributed by atoms with Crippen molar-refractivity contribution in [3.8, 4) is 11.4 Å². The average molecular weight is 469 g/mol. The first-order chi connectivity index (χ1) is 16.3. The Morgan fingerprint density at radius 3 is 2.32 bits per heavy atom. The standard InChI is InChI=1S/C23H20FN3O7/c1-3-33-23(31)21-18(12-20(29)27(26-21)17-10-6-15(24)7-11-17)34-13-19(28)25-16-8-4-14(5-9-16)22(30)32-2/h4-12H,3,13H2,1-2H3,(H,25,28). The van der Waals surface area contributed by atoms with E-state index in [0.717, 1.165) is 22.9 Å². The van der Waals surface area contributed by atoms with E-state index in [9.17, 15) is 23.6 Å². The summed E-state index contributed by atoms with van der Waals surface area (Å²) in [5.41, 5.74) is -0.0912. The van der Waals surface area contributed by atoms with E-state index in [0.29, 0.717) is 11.3 Å². The SMILES string of the molecule is CCOC(=O)c1nn(-c2ccc(F)cc2)c(=O)cc1OCC(=O)Nc1ccc(C(=O)OC)cc1. The van der Waals surface area contributed by atoms with Crippen molar-refractivity contribution < 1.29 is 33.0 Å². The maximum Gasteiger partial charge on any atom is 0.362 e. The van der Waals surface area contributed by atoms with E-state index in [1.807, 2.05) is 0 Å². The third-order valence-corrected chi connectivity index (χ3v) is 4.39. The molecule has 1 aromatic heterocycles. The number of hydrogen-bond acceptors (Lipinski definition) is 8. The lowest BCUT2D eigenvalue weighted by atomic mass is 10.2. The summed E-state index contributed by atoms with van der Waals surface area (Å²) in [5, 5.41) is 6.55. The molecule has 34 heavy (non-hydrogen) atoms. The zero-order valence-corrected chi connectivity index (χ0v) is 18.2.